The van der Waals surface area contributed by atoms with Crippen LogP contribution in [0.5, 0.6) is 0 Å². The summed E-state index contributed by atoms with van der Waals surface area (Å²) in [5.41, 5.74) is 1.09. The monoisotopic (exact) mass is 234 g/mol. The first-order valence-corrected chi connectivity index (χ1v) is 5.50. The van der Waals surface area contributed by atoms with E-state index in [1.54, 1.807) is 0 Å². The molecule has 1 fully saturated rings. The molecule has 1 aliphatic heterocycles. The summed E-state index contributed by atoms with van der Waals surface area (Å²) in [5, 5.41) is 0. The Morgan fingerprint density at radius 3 is 2.76 bits per heavy atom. The van der Waals surface area contributed by atoms with Crippen molar-refractivity contribution < 1.29 is 19.1 Å². The highest BCUT2D eigenvalue weighted by atomic mass is 16.6. The van der Waals surface area contributed by atoms with Crippen molar-refractivity contribution in [2.24, 2.45) is 11.8 Å². The molecule has 0 spiro atoms. The van der Waals surface area contributed by atoms with Crippen LogP contribution in [0, 0.1) is 11.8 Å². The second-order valence-electron chi connectivity index (χ2n) is 4.08. The maximum absolute atomic E-state index is 11.5. The van der Waals surface area contributed by atoms with Crippen LogP contribution in [0.1, 0.15) is 5.56 Å². The lowest BCUT2D eigenvalue weighted by atomic mass is 9.89. The maximum atomic E-state index is 11.5. The van der Waals surface area contributed by atoms with Crippen LogP contribution in [0.25, 0.3) is 0 Å². The van der Waals surface area contributed by atoms with E-state index < -0.39 is 17.9 Å². The molecular weight excluding hydrogens is 220 g/mol. The minimum absolute atomic E-state index is 0.127. The lowest BCUT2D eigenvalue weighted by molar-refractivity contribution is -0.154. The lowest BCUT2D eigenvalue weighted by Gasteiger charge is -2.12. The van der Waals surface area contributed by atoms with Crippen LogP contribution in [0.2, 0.25) is 0 Å². The molecule has 0 amide bonds. The zero-order valence-corrected chi connectivity index (χ0v) is 9.59. The van der Waals surface area contributed by atoms with Gasteiger partial charge in [-0.15, -0.1) is 0 Å². The Morgan fingerprint density at radius 2 is 2.12 bits per heavy atom. The van der Waals surface area contributed by atoms with Crippen molar-refractivity contribution in [3.05, 3.63) is 35.9 Å². The van der Waals surface area contributed by atoms with E-state index in [9.17, 15) is 9.59 Å². The number of cyclic esters (lactones) is 1. The average molecular weight is 234 g/mol. The van der Waals surface area contributed by atoms with Crippen molar-refractivity contribution in [1.82, 2.24) is 0 Å². The Bertz CT molecular complexity index is 413. The maximum Gasteiger partial charge on any atom is 0.320 e. The Hall–Kier alpha value is -1.84. The van der Waals surface area contributed by atoms with Gasteiger partial charge in [-0.25, -0.2) is 0 Å². The van der Waals surface area contributed by atoms with Gasteiger partial charge in [-0.05, 0) is 12.0 Å². The molecule has 2 rings (SSSR count). The van der Waals surface area contributed by atoms with E-state index in [1.807, 2.05) is 30.3 Å². The molecule has 90 valence electrons. The summed E-state index contributed by atoms with van der Waals surface area (Å²) in [6, 6.07) is 9.73. The largest absolute Gasteiger partial charge is 0.468 e. The molecule has 0 N–H and O–H groups in total. The number of carbonyl (C=O) groups is 2. The number of esters is 2. The summed E-state index contributed by atoms with van der Waals surface area (Å²) >= 11 is 0. The fourth-order valence-corrected chi connectivity index (χ4v) is 2.08. The van der Waals surface area contributed by atoms with E-state index in [4.69, 9.17) is 4.74 Å². The number of rotatable bonds is 3. The van der Waals surface area contributed by atoms with Crippen LogP contribution in [-0.4, -0.2) is 25.7 Å². The van der Waals surface area contributed by atoms with Crippen molar-refractivity contribution >= 4 is 11.9 Å². The Labute approximate surface area is 99.5 Å². The summed E-state index contributed by atoms with van der Waals surface area (Å²) in [5.74, 6) is -1.89. The highest BCUT2D eigenvalue weighted by molar-refractivity contribution is 5.96. The molecule has 1 aromatic rings. The standard InChI is InChI=1S/C13H14O4/c1-16-12(14)11-10(8-17-13(11)15)7-9-5-3-2-4-6-9/h2-6,10-11H,7-8H2,1H3/t10-,11-/m0/s1. The first-order chi connectivity index (χ1) is 8.22. The predicted octanol–water partition coefficient (Wildman–Crippen LogP) is 1.19. The lowest BCUT2D eigenvalue weighted by Crippen LogP contribution is -2.28. The van der Waals surface area contributed by atoms with Crippen LogP contribution in [-0.2, 0) is 25.5 Å². The van der Waals surface area contributed by atoms with Crippen LogP contribution in [0.4, 0.5) is 0 Å². The van der Waals surface area contributed by atoms with E-state index in [-0.39, 0.29) is 12.5 Å². The molecule has 4 heteroatoms. The summed E-state index contributed by atoms with van der Waals surface area (Å²) < 4.78 is 9.57. The molecular formula is C13H14O4. The molecule has 0 saturated carbocycles. The molecule has 4 nitrogen and oxygen atoms in total. The van der Waals surface area contributed by atoms with Gasteiger partial charge in [0.05, 0.1) is 13.7 Å². The van der Waals surface area contributed by atoms with Crippen molar-refractivity contribution in [3.63, 3.8) is 0 Å². The second kappa shape index (κ2) is 4.99. The molecule has 1 aliphatic rings. The molecule has 0 aromatic heterocycles. The first kappa shape index (κ1) is 11.6. The van der Waals surface area contributed by atoms with E-state index in [0.717, 1.165) is 5.56 Å². The van der Waals surface area contributed by atoms with Crippen LogP contribution in [0.3, 0.4) is 0 Å². The fraction of sp³-hybridized carbons (Fsp3) is 0.385. The van der Waals surface area contributed by atoms with Gasteiger partial charge in [0.2, 0.25) is 0 Å². The third kappa shape index (κ3) is 2.46. The van der Waals surface area contributed by atoms with Gasteiger partial charge in [0.25, 0.3) is 0 Å². The van der Waals surface area contributed by atoms with Gasteiger partial charge in [-0.2, -0.15) is 0 Å². The van der Waals surface area contributed by atoms with Gasteiger partial charge in [-0.1, -0.05) is 30.3 Å². The van der Waals surface area contributed by atoms with E-state index in [2.05, 4.69) is 4.74 Å². The minimum Gasteiger partial charge on any atom is -0.468 e. The summed E-state index contributed by atoms with van der Waals surface area (Å²) in [6.07, 6.45) is 0.645. The summed E-state index contributed by atoms with van der Waals surface area (Å²) in [4.78, 5) is 23.0. The normalized spacial score (nSPS) is 23.2. The van der Waals surface area contributed by atoms with Gasteiger partial charge >= 0.3 is 11.9 Å². The highest BCUT2D eigenvalue weighted by Crippen LogP contribution is 2.26. The van der Waals surface area contributed by atoms with Gasteiger partial charge < -0.3 is 9.47 Å². The van der Waals surface area contributed by atoms with E-state index >= 15 is 0 Å². The van der Waals surface area contributed by atoms with Crippen molar-refractivity contribution in [2.75, 3.05) is 13.7 Å². The van der Waals surface area contributed by atoms with Crippen molar-refractivity contribution in [1.29, 1.82) is 0 Å². The Morgan fingerprint density at radius 1 is 1.41 bits per heavy atom. The quantitative estimate of drug-likeness (QED) is 0.582. The Balaban J connectivity index is 2.10. The van der Waals surface area contributed by atoms with Crippen molar-refractivity contribution in [2.45, 2.75) is 6.42 Å². The molecule has 0 bridgehead atoms. The highest BCUT2D eigenvalue weighted by Gasteiger charge is 2.43. The number of hydrogen-bond acceptors (Lipinski definition) is 4. The number of ether oxygens (including phenoxy) is 2. The topological polar surface area (TPSA) is 52.6 Å². The van der Waals surface area contributed by atoms with Crippen LogP contribution < -0.4 is 0 Å². The first-order valence-electron chi connectivity index (χ1n) is 5.50. The smallest absolute Gasteiger partial charge is 0.320 e. The number of methoxy groups -OCH3 is 1. The minimum atomic E-state index is -0.778. The van der Waals surface area contributed by atoms with Gasteiger partial charge in [0, 0.05) is 5.92 Å². The molecule has 0 unspecified atom stereocenters. The van der Waals surface area contributed by atoms with Gasteiger partial charge in [0.1, 0.15) is 0 Å². The zero-order valence-electron chi connectivity index (χ0n) is 9.59. The van der Waals surface area contributed by atoms with Gasteiger partial charge in [0.15, 0.2) is 5.92 Å². The molecule has 2 atom stereocenters. The van der Waals surface area contributed by atoms with E-state index in [1.165, 1.54) is 7.11 Å². The number of benzene rings is 1. The molecule has 1 saturated heterocycles. The van der Waals surface area contributed by atoms with Crippen LogP contribution >= 0.6 is 0 Å². The molecule has 0 radical (unpaired) electrons. The second-order valence-corrected chi connectivity index (χ2v) is 4.08. The summed E-state index contributed by atoms with van der Waals surface area (Å²) in [6.45, 7) is 0.285. The van der Waals surface area contributed by atoms with Gasteiger partial charge in [-0.3, -0.25) is 9.59 Å². The number of carbonyl (C=O) groups excluding carboxylic acids is 2. The van der Waals surface area contributed by atoms with Crippen LogP contribution in [0.15, 0.2) is 30.3 Å². The summed E-state index contributed by atoms with van der Waals surface area (Å²) in [7, 11) is 1.29. The SMILES string of the molecule is COC(=O)[C@H]1C(=O)OC[C@@H]1Cc1ccccc1. The number of hydrogen-bond donors (Lipinski definition) is 0. The molecule has 17 heavy (non-hydrogen) atoms. The fourth-order valence-electron chi connectivity index (χ4n) is 2.08. The molecule has 0 aliphatic carbocycles. The van der Waals surface area contributed by atoms with E-state index in [0.29, 0.717) is 6.42 Å². The molecule has 1 heterocycles. The average Bonchev–Trinajstić information content (AvgIpc) is 2.71. The Kier molecular flexibility index (Phi) is 3.42. The van der Waals surface area contributed by atoms with Crippen molar-refractivity contribution in [3.8, 4) is 0 Å². The zero-order chi connectivity index (χ0) is 12.3. The third-order valence-electron chi connectivity index (χ3n) is 2.96. The predicted molar refractivity (Wildman–Crippen MR) is 60.1 cm³/mol. The molecule has 1 aromatic carbocycles. The third-order valence-corrected chi connectivity index (χ3v) is 2.96.